The number of hydrogen-bond donors (Lipinski definition) is 3. The predicted octanol–water partition coefficient (Wildman–Crippen LogP) is 1.47. The number of hydrogen-bond acceptors (Lipinski definition) is 3. The molecule has 1 aromatic carbocycles. The number of aliphatic hydroxyl groups is 1. The van der Waals surface area contributed by atoms with Gasteiger partial charge in [-0.25, -0.2) is 0 Å². The van der Waals surface area contributed by atoms with Crippen LogP contribution in [0.1, 0.15) is 18.9 Å². The van der Waals surface area contributed by atoms with Crippen LogP contribution in [0, 0.1) is 0 Å². The number of aromatic amines is 1. The molecule has 1 heterocycles. The first kappa shape index (κ1) is 16.0. The van der Waals surface area contributed by atoms with Gasteiger partial charge >= 0.3 is 0 Å². The van der Waals surface area contributed by atoms with Crippen LogP contribution >= 0.6 is 0 Å². The molecule has 0 bridgehead atoms. The number of benzene rings is 1. The highest BCUT2D eigenvalue weighted by atomic mass is 16.3. The highest BCUT2D eigenvalue weighted by Crippen LogP contribution is 2.16. The highest BCUT2D eigenvalue weighted by molar-refractivity contribution is 5.79. The van der Waals surface area contributed by atoms with Crippen LogP contribution < -0.4 is 10.9 Å². The lowest BCUT2D eigenvalue weighted by Gasteiger charge is -2.08. The molecule has 0 aliphatic rings. The molecule has 1 aromatic heterocycles. The first-order chi connectivity index (χ1) is 10.6. The molecule has 0 saturated heterocycles. The van der Waals surface area contributed by atoms with E-state index in [-0.39, 0.29) is 17.9 Å². The van der Waals surface area contributed by atoms with Crippen molar-refractivity contribution in [1.82, 2.24) is 10.3 Å². The largest absolute Gasteiger partial charge is 0.393 e. The van der Waals surface area contributed by atoms with Crippen LogP contribution in [0.25, 0.3) is 11.1 Å². The Morgan fingerprint density at radius 2 is 2.14 bits per heavy atom. The van der Waals surface area contributed by atoms with Gasteiger partial charge in [0, 0.05) is 18.3 Å². The summed E-state index contributed by atoms with van der Waals surface area (Å²) in [7, 11) is 0. The van der Waals surface area contributed by atoms with E-state index in [4.69, 9.17) is 5.11 Å². The van der Waals surface area contributed by atoms with Gasteiger partial charge in [0.1, 0.15) is 0 Å². The van der Waals surface area contributed by atoms with Gasteiger partial charge in [0.05, 0.1) is 12.5 Å². The number of rotatable bonds is 6. The maximum atomic E-state index is 11.8. The number of amides is 1. The minimum Gasteiger partial charge on any atom is -0.393 e. The van der Waals surface area contributed by atoms with Crippen molar-refractivity contribution in [3.63, 3.8) is 0 Å². The molecular formula is C17H20N2O3. The topological polar surface area (TPSA) is 82.2 Å². The van der Waals surface area contributed by atoms with Crippen molar-refractivity contribution in [3.05, 3.63) is 58.5 Å². The fraction of sp³-hybridized carbons (Fsp3) is 0.294. The summed E-state index contributed by atoms with van der Waals surface area (Å²) in [5, 5.41) is 11.9. The molecule has 1 atom stereocenters. The third-order valence-corrected chi connectivity index (χ3v) is 3.31. The molecule has 0 fully saturated rings. The Hall–Kier alpha value is -2.40. The fourth-order valence-corrected chi connectivity index (χ4v) is 2.17. The average molecular weight is 300 g/mol. The zero-order valence-corrected chi connectivity index (χ0v) is 12.5. The van der Waals surface area contributed by atoms with E-state index in [0.717, 1.165) is 11.1 Å². The standard InChI is InChI=1S/C17H20N2O3/c1-12(20)7-9-18-16(21)11-13-4-2-5-14(10-13)15-6-3-8-19-17(15)22/h2-6,8,10,12,20H,7,9,11H2,1H3,(H,18,21)(H,19,22). The molecule has 0 spiro atoms. The molecule has 2 aromatic rings. The van der Waals surface area contributed by atoms with Crippen LogP contribution in [-0.2, 0) is 11.2 Å². The molecule has 0 aliphatic heterocycles. The van der Waals surface area contributed by atoms with Gasteiger partial charge in [-0.2, -0.15) is 0 Å². The van der Waals surface area contributed by atoms with Gasteiger partial charge in [0.2, 0.25) is 5.91 Å². The number of carbonyl (C=O) groups is 1. The molecule has 1 amide bonds. The van der Waals surface area contributed by atoms with Gasteiger partial charge in [-0.15, -0.1) is 0 Å². The minimum absolute atomic E-state index is 0.0974. The van der Waals surface area contributed by atoms with Crippen LogP contribution in [0.3, 0.4) is 0 Å². The maximum absolute atomic E-state index is 11.8. The summed E-state index contributed by atoms with van der Waals surface area (Å²) < 4.78 is 0. The molecule has 5 nitrogen and oxygen atoms in total. The SMILES string of the molecule is CC(O)CCNC(=O)Cc1cccc(-c2ccc[nH]c2=O)c1. The van der Waals surface area contributed by atoms with Crippen molar-refractivity contribution in [2.24, 2.45) is 0 Å². The number of pyridine rings is 1. The smallest absolute Gasteiger partial charge is 0.255 e. The van der Waals surface area contributed by atoms with E-state index < -0.39 is 6.10 Å². The summed E-state index contributed by atoms with van der Waals surface area (Å²) in [6.07, 6.45) is 1.95. The molecule has 0 saturated carbocycles. The van der Waals surface area contributed by atoms with Crippen molar-refractivity contribution in [2.75, 3.05) is 6.54 Å². The van der Waals surface area contributed by atoms with Gasteiger partial charge in [0.25, 0.3) is 5.56 Å². The quantitative estimate of drug-likeness (QED) is 0.755. The maximum Gasteiger partial charge on any atom is 0.255 e. The van der Waals surface area contributed by atoms with Crippen LogP contribution in [0.2, 0.25) is 0 Å². The first-order valence-corrected chi connectivity index (χ1v) is 7.28. The van der Waals surface area contributed by atoms with Gasteiger partial charge in [0.15, 0.2) is 0 Å². The number of aromatic nitrogens is 1. The molecule has 5 heteroatoms. The average Bonchev–Trinajstić information content (AvgIpc) is 2.47. The van der Waals surface area contributed by atoms with E-state index in [2.05, 4.69) is 10.3 Å². The normalized spacial score (nSPS) is 11.9. The summed E-state index contributed by atoms with van der Waals surface area (Å²) in [6, 6.07) is 10.9. The van der Waals surface area contributed by atoms with Crippen molar-refractivity contribution >= 4 is 5.91 Å². The summed E-state index contributed by atoms with van der Waals surface area (Å²) in [5.41, 5.74) is 2.06. The highest BCUT2D eigenvalue weighted by Gasteiger charge is 2.07. The van der Waals surface area contributed by atoms with Crippen molar-refractivity contribution in [1.29, 1.82) is 0 Å². The number of aliphatic hydroxyl groups excluding tert-OH is 1. The number of carbonyl (C=O) groups excluding carboxylic acids is 1. The zero-order chi connectivity index (χ0) is 15.9. The van der Waals surface area contributed by atoms with E-state index in [1.54, 1.807) is 25.3 Å². The van der Waals surface area contributed by atoms with Gasteiger partial charge in [-0.3, -0.25) is 9.59 Å². The van der Waals surface area contributed by atoms with Gasteiger partial charge < -0.3 is 15.4 Å². The third kappa shape index (κ3) is 4.56. The molecule has 2 rings (SSSR count). The lowest BCUT2D eigenvalue weighted by atomic mass is 10.0. The summed E-state index contributed by atoms with van der Waals surface area (Å²) in [5.74, 6) is -0.0974. The molecule has 1 unspecified atom stereocenters. The first-order valence-electron chi connectivity index (χ1n) is 7.28. The predicted molar refractivity (Wildman–Crippen MR) is 85.5 cm³/mol. The fourth-order valence-electron chi connectivity index (χ4n) is 2.17. The lowest BCUT2D eigenvalue weighted by molar-refractivity contribution is -0.120. The molecule has 3 N–H and O–H groups in total. The van der Waals surface area contributed by atoms with E-state index >= 15 is 0 Å². The second-order valence-electron chi connectivity index (χ2n) is 5.28. The Morgan fingerprint density at radius 3 is 2.86 bits per heavy atom. The Labute approximate surface area is 129 Å². The second kappa shape index (κ2) is 7.56. The van der Waals surface area contributed by atoms with Crippen LogP contribution in [0.4, 0.5) is 0 Å². The van der Waals surface area contributed by atoms with E-state index in [1.165, 1.54) is 0 Å². The summed E-state index contributed by atoms with van der Waals surface area (Å²) in [6.45, 7) is 2.14. The molecule has 116 valence electrons. The van der Waals surface area contributed by atoms with Crippen molar-refractivity contribution < 1.29 is 9.90 Å². The molecular weight excluding hydrogens is 280 g/mol. The molecule has 0 aliphatic carbocycles. The monoisotopic (exact) mass is 300 g/mol. The summed E-state index contributed by atoms with van der Waals surface area (Å²) >= 11 is 0. The Balaban J connectivity index is 2.05. The van der Waals surface area contributed by atoms with Crippen LogP contribution in [0.5, 0.6) is 0 Å². The minimum atomic E-state index is -0.423. The van der Waals surface area contributed by atoms with E-state index in [1.807, 2.05) is 24.3 Å². The molecule has 22 heavy (non-hydrogen) atoms. The Morgan fingerprint density at radius 1 is 1.32 bits per heavy atom. The van der Waals surface area contributed by atoms with E-state index in [0.29, 0.717) is 18.5 Å². The van der Waals surface area contributed by atoms with Gasteiger partial charge in [-0.1, -0.05) is 24.3 Å². The Bertz CT molecular complexity index is 692. The number of nitrogens with one attached hydrogen (secondary N) is 2. The van der Waals surface area contributed by atoms with E-state index in [9.17, 15) is 9.59 Å². The third-order valence-electron chi connectivity index (χ3n) is 3.31. The Kier molecular flexibility index (Phi) is 5.49. The lowest BCUT2D eigenvalue weighted by Crippen LogP contribution is -2.27. The van der Waals surface area contributed by atoms with Gasteiger partial charge in [-0.05, 0) is 36.6 Å². The van der Waals surface area contributed by atoms with Crippen LogP contribution in [-0.4, -0.2) is 28.6 Å². The van der Waals surface area contributed by atoms with Crippen molar-refractivity contribution in [3.8, 4) is 11.1 Å². The zero-order valence-electron chi connectivity index (χ0n) is 12.5. The number of H-pyrrole nitrogens is 1. The molecule has 0 radical (unpaired) electrons. The van der Waals surface area contributed by atoms with Crippen molar-refractivity contribution in [2.45, 2.75) is 25.9 Å². The summed E-state index contributed by atoms with van der Waals surface area (Å²) in [4.78, 5) is 26.3. The second-order valence-corrected chi connectivity index (χ2v) is 5.28. The van der Waals surface area contributed by atoms with Crippen LogP contribution in [0.15, 0.2) is 47.4 Å².